The fraction of sp³-hybridized carbons (Fsp3) is 0. The summed E-state index contributed by atoms with van der Waals surface area (Å²) in [6.07, 6.45) is 0. The van der Waals surface area contributed by atoms with Gasteiger partial charge in [-0.2, -0.15) is 5.10 Å². The highest BCUT2D eigenvalue weighted by molar-refractivity contribution is 8.11. The Bertz CT molecular complexity index is 1290. The van der Waals surface area contributed by atoms with Crippen LogP contribution in [0.15, 0.2) is 95.2 Å². The van der Waals surface area contributed by atoms with Crippen molar-refractivity contribution in [2.45, 2.75) is 0 Å². The lowest BCUT2D eigenvalue weighted by Gasteiger charge is -2.05. The molecular weight excluding hydrogens is 430 g/mol. The summed E-state index contributed by atoms with van der Waals surface area (Å²) >= 11 is 9.64. The molecule has 152 valence electrons. The third kappa shape index (κ3) is 4.27. The second-order valence-electron chi connectivity index (χ2n) is 6.42. The Hall–Kier alpha value is -3.69. The van der Waals surface area contributed by atoms with E-state index in [1.807, 2.05) is 60.7 Å². The standard InChI is InChI=1S/C22H15N5O2S2/c28-27(29)18-14-8-7-13-17(18)23-24-20-19(15-9-3-1-4-10-15)25-26(22(30)31)21(20)16-11-5-2-6-12-16/h1-14H,(H,30,31). The van der Waals surface area contributed by atoms with E-state index in [9.17, 15) is 10.1 Å². The van der Waals surface area contributed by atoms with Crippen LogP contribution >= 0.6 is 24.8 Å². The van der Waals surface area contributed by atoms with E-state index in [0.717, 1.165) is 11.1 Å². The maximum atomic E-state index is 11.4. The zero-order valence-electron chi connectivity index (χ0n) is 16.0. The van der Waals surface area contributed by atoms with E-state index in [1.54, 1.807) is 18.2 Å². The lowest BCUT2D eigenvalue weighted by atomic mass is 10.1. The molecule has 9 heteroatoms. The third-order valence-corrected chi connectivity index (χ3v) is 4.83. The minimum Gasteiger partial charge on any atom is -0.258 e. The highest BCUT2D eigenvalue weighted by Crippen LogP contribution is 2.41. The molecule has 0 aliphatic rings. The van der Waals surface area contributed by atoms with Gasteiger partial charge in [0.2, 0.25) is 0 Å². The molecule has 0 bridgehead atoms. The molecular formula is C22H15N5O2S2. The molecule has 0 saturated carbocycles. The van der Waals surface area contributed by atoms with Crippen molar-refractivity contribution in [3.63, 3.8) is 0 Å². The topological polar surface area (TPSA) is 85.7 Å². The fourth-order valence-electron chi connectivity index (χ4n) is 3.10. The van der Waals surface area contributed by atoms with Gasteiger partial charge < -0.3 is 0 Å². The van der Waals surface area contributed by atoms with Crippen LogP contribution in [0.2, 0.25) is 0 Å². The van der Waals surface area contributed by atoms with E-state index in [-0.39, 0.29) is 15.7 Å². The molecule has 0 radical (unpaired) electrons. The van der Waals surface area contributed by atoms with Gasteiger partial charge in [0.1, 0.15) is 17.1 Å². The van der Waals surface area contributed by atoms with Crippen molar-refractivity contribution in [1.29, 1.82) is 0 Å². The highest BCUT2D eigenvalue weighted by atomic mass is 32.1. The summed E-state index contributed by atoms with van der Waals surface area (Å²) in [6.45, 7) is 0. The van der Waals surface area contributed by atoms with Crippen molar-refractivity contribution in [2.75, 3.05) is 0 Å². The lowest BCUT2D eigenvalue weighted by molar-refractivity contribution is -0.384. The van der Waals surface area contributed by atoms with Crippen LogP contribution in [-0.2, 0) is 0 Å². The Labute approximate surface area is 188 Å². The first-order valence-electron chi connectivity index (χ1n) is 9.18. The SMILES string of the molecule is O=[N+]([O-])c1ccccc1N=Nc1c(-c2ccccc2)nn(C(=S)S)c1-c1ccccc1. The minimum absolute atomic E-state index is 0.133. The number of rotatable bonds is 5. The van der Waals surface area contributed by atoms with Gasteiger partial charge in [0.15, 0.2) is 10.0 Å². The first-order valence-corrected chi connectivity index (χ1v) is 10.0. The predicted molar refractivity (Wildman–Crippen MR) is 127 cm³/mol. The van der Waals surface area contributed by atoms with Crippen LogP contribution in [0.4, 0.5) is 17.1 Å². The molecule has 4 aromatic rings. The Morgan fingerprint density at radius 1 is 0.903 bits per heavy atom. The number of nitro groups is 1. The Morgan fingerprint density at radius 3 is 2.10 bits per heavy atom. The smallest absolute Gasteiger partial charge is 0.258 e. The Morgan fingerprint density at radius 2 is 1.48 bits per heavy atom. The largest absolute Gasteiger partial charge is 0.296 e. The van der Waals surface area contributed by atoms with Gasteiger partial charge in [-0.05, 0) is 6.07 Å². The zero-order chi connectivity index (χ0) is 21.8. The molecule has 0 N–H and O–H groups in total. The van der Waals surface area contributed by atoms with Gasteiger partial charge in [0, 0.05) is 17.2 Å². The van der Waals surface area contributed by atoms with Gasteiger partial charge in [0.25, 0.3) is 5.69 Å². The van der Waals surface area contributed by atoms with Crippen molar-refractivity contribution >= 4 is 46.2 Å². The predicted octanol–water partition coefficient (Wildman–Crippen LogP) is 6.60. The third-order valence-electron chi connectivity index (χ3n) is 4.47. The molecule has 7 nitrogen and oxygen atoms in total. The summed E-state index contributed by atoms with van der Waals surface area (Å²) in [6, 6.07) is 25.1. The first-order chi connectivity index (χ1) is 15.1. The van der Waals surface area contributed by atoms with Crippen molar-refractivity contribution in [1.82, 2.24) is 9.78 Å². The summed E-state index contributed by atoms with van der Waals surface area (Å²) in [4.78, 5) is 10.9. The molecule has 31 heavy (non-hydrogen) atoms. The van der Waals surface area contributed by atoms with Gasteiger partial charge in [-0.1, -0.05) is 85.0 Å². The highest BCUT2D eigenvalue weighted by Gasteiger charge is 2.22. The number of hydrogen-bond donors (Lipinski definition) is 1. The number of hydrogen-bond acceptors (Lipinski definition) is 6. The van der Waals surface area contributed by atoms with Gasteiger partial charge in [-0.15, -0.1) is 22.9 Å². The molecule has 3 aromatic carbocycles. The second kappa shape index (κ2) is 8.99. The molecule has 0 aliphatic carbocycles. The number of thiocarbonyl (C=S) groups is 1. The van der Waals surface area contributed by atoms with Crippen LogP contribution < -0.4 is 0 Å². The van der Waals surface area contributed by atoms with Crippen LogP contribution in [0.25, 0.3) is 22.5 Å². The first kappa shape index (κ1) is 20.6. The molecule has 1 aromatic heterocycles. The van der Waals surface area contributed by atoms with E-state index in [0.29, 0.717) is 17.1 Å². The van der Waals surface area contributed by atoms with Crippen LogP contribution in [-0.4, -0.2) is 19.0 Å². The van der Waals surface area contributed by atoms with Gasteiger partial charge in [0.05, 0.1) is 4.92 Å². The summed E-state index contributed by atoms with van der Waals surface area (Å²) in [5, 5.41) is 24.6. The maximum absolute atomic E-state index is 11.4. The normalized spacial score (nSPS) is 11.0. The van der Waals surface area contributed by atoms with Gasteiger partial charge in [-0.3, -0.25) is 10.1 Å². The number of nitro benzene ring substituents is 1. The van der Waals surface area contributed by atoms with Crippen LogP contribution in [0.5, 0.6) is 0 Å². The molecule has 1 heterocycles. The number of aromatic nitrogens is 2. The average Bonchev–Trinajstić information content (AvgIpc) is 3.19. The maximum Gasteiger partial charge on any atom is 0.296 e. The Balaban J connectivity index is 1.97. The molecule has 0 fully saturated rings. The number of thiol groups is 1. The Kier molecular flexibility index (Phi) is 5.96. The minimum atomic E-state index is -0.489. The van der Waals surface area contributed by atoms with E-state index in [1.165, 1.54) is 10.7 Å². The van der Waals surface area contributed by atoms with Crippen LogP contribution in [0.3, 0.4) is 0 Å². The number of benzene rings is 3. The van der Waals surface area contributed by atoms with Crippen molar-refractivity contribution in [3.8, 4) is 22.5 Å². The van der Waals surface area contributed by atoms with Crippen LogP contribution in [0.1, 0.15) is 0 Å². The molecule has 4 rings (SSSR count). The second-order valence-corrected chi connectivity index (χ2v) is 7.53. The van der Waals surface area contributed by atoms with E-state index < -0.39 is 4.92 Å². The zero-order valence-corrected chi connectivity index (χ0v) is 17.7. The number of para-hydroxylation sites is 1. The van der Waals surface area contributed by atoms with Crippen LogP contribution in [0, 0.1) is 10.1 Å². The quantitative estimate of drug-likeness (QED) is 0.123. The monoisotopic (exact) mass is 445 g/mol. The molecule has 0 saturated heterocycles. The summed E-state index contributed by atoms with van der Waals surface area (Å²) in [5.74, 6) is 0. The molecule has 0 aliphatic heterocycles. The van der Waals surface area contributed by atoms with Gasteiger partial charge >= 0.3 is 0 Å². The summed E-state index contributed by atoms with van der Waals surface area (Å²) in [5.41, 5.74) is 3.20. The van der Waals surface area contributed by atoms with E-state index in [2.05, 4.69) is 28.0 Å². The summed E-state index contributed by atoms with van der Waals surface area (Å²) in [7, 11) is 0. The molecule has 0 atom stereocenters. The summed E-state index contributed by atoms with van der Waals surface area (Å²) < 4.78 is 1.76. The molecule has 0 spiro atoms. The van der Waals surface area contributed by atoms with E-state index in [4.69, 9.17) is 12.2 Å². The fourth-order valence-corrected chi connectivity index (χ4v) is 3.37. The van der Waals surface area contributed by atoms with Crippen molar-refractivity contribution in [2.24, 2.45) is 10.2 Å². The molecule has 0 amide bonds. The average molecular weight is 446 g/mol. The number of azo groups is 1. The van der Waals surface area contributed by atoms with Crippen molar-refractivity contribution < 1.29 is 4.92 Å². The van der Waals surface area contributed by atoms with Crippen molar-refractivity contribution in [3.05, 3.63) is 95.0 Å². The van der Waals surface area contributed by atoms with E-state index >= 15 is 0 Å². The lowest BCUT2D eigenvalue weighted by Crippen LogP contribution is -2.05. The number of nitrogens with zero attached hydrogens (tertiary/aromatic N) is 5. The van der Waals surface area contributed by atoms with Gasteiger partial charge in [-0.25, -0.2) is 4.68 Å². The molecule has 0 unspecified atom stereocenters.